The zero-order chi connectivity index (χ0) is 9.52. The summed E-state index contributed by atoms with van der Waals surface area (Å²) in [5, 5.41) is 9.13. The van der Waals surface area contributed by atoms with Crippen molar-refractivity contribution in [1.82, 2.24) is 0 Å². The van der Waals surface area contributed by atoms with E-state index in [1.807, 2.05) is 0 Å². The van der Waals surface area contributed by atoms with Crippen molar-refractivity contribution in [3.63, 3.8) is 0 Å². The molecule has 0 atom stereocenters. The van der Waals surface area contributed by atoms with Crippen LogP contribution >= 0.6 is 0 Å². The molecular formula is C9H17NO3. The van der Waals surface area contributed by atoms with Crippen molar-refractivity contribution < 1.29 is 9.92 Å². The van der Waals surface area contributed by atoms with Crippen LogP contribution in [0.3, 0.4) is 0 Å². The number of hydrogen-bond acceptors (Lipinski definition) is 3. The first-order valence-corrected chi connectivity index (χ1v) is 5.06. The molecule has 0 N–H and O–H groups in total. The van der Waals surface area contributed by atoms with Crippen molar-refractivity contribution in [2.24, 2.45) is 5.92 Å². The number of nitrogens with zero attached hydrogens (tertiary/aromatic N) is 1. The summed E-state index contributed by atoms with van der Waals surface area (Å²) in [6.07, 6.45) is 8.56. The lowest BCUT2D eigenvalue weighted by Crippen LogP contribution is -2.08. The number of hydrogen-bond donors (Lipinski definition) is 0. The third-order valence-corrected chi connectivity index (χ3v) is 2.68. The highest BCUT2D eigenvalue weighted by Gasteiger charge is 2.12. The summed E-state index contributed by atoms with van der Waals surface area (Å²) in [7, 11) is 0. The third kappa shape index (κ3) is 4.70. The molecule has 0 spiro atoms. The van der Waals surface area contributed by atoms with E-state index in [1.165, 1.54) is 32.1 Å². The molecule has 0 aromatic heterocycles. The van der Waals surface area contributed by atoms with Crippen LogP contribution in [0.1, 0.15) is 44.9 Å². The summed E-state index contributed by atoms with van der Waals surface area (Å²) in [6, 6.07) is 0. The van der Waals surface area contributed by atoms with Crippen molar-refractivity contribution >= 4 is 0 Å². The minimum absolute atomic E-state index is 0.267. The monoisotopic (exact) mass is 187 g/mol. The quantitative estimate of drug-likeness (QED) is 0.377. The van der Waals surface area contributed by atoms with Crippen LogP contribution in [-0.4, -0.2) is 11.7 Å². The van der Waals surface area contributed by atoms with Gasteiger partial charge in [-0.25, -0.2) is 0 Å². The van der Waals surface area contributed by atoms with E-state index < -0.39 is 5.09 Å². The lowest BCUT2D eigenvalue weighted by Gasteiger charge is -2.20. The maximum Gasteiger partial charge on any atom is 0.294 e. The van der Waals surface area contributed by atoms with Crippen LogP contribution in [0, 0.1) is 16.0 Å². The Labute approximate surface area is 78.4 Å². The second kappa shape index (κ2) is 5.78. The van der Waals surface area contributed by atoms with Gasteiger partial charge in [-0.05, 0) is 18.8 Å². The molecule has 4 nitrogen and oxygen atoms in total. The van der Waals surface area contributed by atoms with Gasteiger partial charge in [-0.15, -0.1) is 10.1 Å². The molecule has 0 aromatic carbocycles. The fraction of sp³-hybridized carbons (Fsp3) is 1.00. The Hall–Kier alpha value is -0.800. The van der Waals surface area contributed by atoms with Gasteiger partial charge < -0.3 is 4.84 Å². The van der Waals surface area contributed by atoms with Crippen LogP contribution < -0.4 is 0 Å². The first-order valence-electron chi connectivity index (χ1n) is 5.06. The molecule has 0 radical (unpaired) electrons. The van der Waals surface area contributed by atoms with Crippen LogP contribution in [0.15, 0.2) is 0 Å². The molecule has 1 saturated carbocycles. The number of rotatable bonds is 5. The van der Waals surface area contributed by atoms with Crippen molar-refractivity contribution in [3.05, 3.63) is 10.1 Å². The van der Waals surface area contributed by atoms with Gasteiger partial charge in [0.2, 0.25) is 0 Å². The van der Waals surface area contributed by atoms with Crippen LogP contribution in [0.25, 0.3) is 0 Å². The predicted octanol–water partition coefficient (Wildman–Crippen LogP) is 2.56. The summed E-state index contributed by atoms with van der Waals surface area (Å²) in [6.45, 7) is 0.267. The summed E-state index contributed by atoms with van der Waals surface area (Å²) in [5.74, 6) is 0.795. The maximum atomic E-state index is 9.83. The molecule has 0 unspecified atom stereocenters. The van der Waals surface area contributed by atoms with Gasteiger partial charge >= 0.3 is 0 Å². The van der Waals surface area contributed by atoms with Crippen molar-refractivity contribution in [1.29, 1.82) is 0 Å². The molecule has 1 fully saturated rings. The normalized spacial score (nSPS) is 18.5. The standard InChI is InChI=1S/C9H17NO3/c11-10(12)13-8-4-7-9-5-2-1-3-6-9/h9H,1-8H2. The topological polar surface area (TPSA) is 52.4 Å². The molecule has 0 saturated heterocycles. The summed E-state index contributed by atoms with van der Waals surface area (Å²) >= 11 is 0. The molecule has 0 aromatic rings. The zero-order valence-corrected chi connectivity index (χ0v) is 7.91. The van der Waals surface area contributed by atoms with E-state index in [2.05, 4.69) is 4.84 Å². The average Bonchev–Trinajstić information content (AvgIpc) is 2.14. The van der Waals surface area contributed by atoms with Crippen molar-refractivity contribution in [2.75, 3.05) is 6.61 Å². The minimum Gasteiger partial charge on any atom is -0.314 e. The van der Waals surface area contributed by atoms with Crippen molar-refractivity contribution in [2.45, 2.75) is 44.9 Å². The van der Waals surface area contributed by atoms with E-state index >= 15 is 0 Å². The van der Waals surface area contributed by atoms with E-state index in [0.717, 1.165) is 18.8 Å². The molecular weight excluding hydrogens is 170 g/mol. The highest BCUT2D eigenvalue weighted by Crippen LogP contribution is 2.27. The second-order valence-electron chi connectivity index (χ2n) is 3.70. The maximum absolute atomic E-state index is 9.83. The van der Waals surface area contributed by atoms with E-state index in [0.29, 0.717) is 0 Å². The first-order chi connectivity index (χ1) is 6.29. The van der Waals surface area contributed by atoms with Gasteiger partial charge in [0.05, 0.1) is 6.61 Å². The van der Waals surface area contributed by atoms with Gasteiger partial charge in [0, 0.05) is 0 Å². The van der Waals surface area contributed by atoms with Crippen LogP contribution in [0.4, 0.5) is 0 Å². The fourth-order valence-corrected chi connectivity index (χ4v) is 1.99. The SMILES string of the molecule is O=[N+]([O-])OCCCC1CCCCC1. The van der Waals surface area contributed by atoms with Gasteiger partial charge in [0.25, 0.3) is 5.09 Å². The third-order valence-electron chi connectivity index (χ3n) is 2.68. The van der Waals surface area contributed by atoms with Crippen molar-refractivity contribution in [3.8, 4) is 0 Å². The summed E-state index contributed by atoms with van der Waals surface area (Å²) in [5.41, 5.74) is 0. The molecule has 0 heterocycles. The molecule has 1 aliphatic carbocycles. The predicted molar refractivity (Wildman–Crippen MR) is 48.8 cm³/mol. The lowest BCUT2D eigenvalue weighted by atomic mass is 9.86. The molecule has 76 valence electrons. The van der Waals surface area contributed by atoms with E-state index in [4.69, 9.17) is 0 Å². The van der Waals surface area contributed by atoms with Gasteiger partial charge in [-0.3, -0.25) is 0 Å². The molecule has 1 rings (SSSR count). The highest BCUT2D eigenvalue weighted by atomic mass is 16.9. The Morgan fingerprint density at radius 2 is 2.00 bits per heavy atom. The van der Waals surface area contributed by atoms with Gasteiger partial charge in [0.1, 0.15) is 0 Å². The van der Waals surface area contributed by atoms with Gasteiger partial charge in [-0.2, -0.15) is 0 Å². The summed E-state index contributed by atoms with van der Waals surface area (Å²) < 4.78 is 0. The van der Waals surface area contributed by atoms with E-state index in [-0.39, 0.29) is 6.61 Å². The largest absolute Gasteiger partial charge is 0.314 e. The molecule has 1 aliphatic rings. The Kier molecular flexibility index (Phi) is 4.57. The lowest BCUT2D eigenvalue weighted by molar-refractivity contribution is -0.757. The average molecular weight is 187 g/mol. The second-order valence-corrected chi connectivity index (χ2v) is 3.70. The Balaban J connectivity index is 1.95. The Morgan fingerprint density at radius 3 is 2.62 bits per heavy atom. The Morgan fingerprint density at radius 1 is 1.31 bits per heavy atom. The van der Waals surface area contributed by atoms with Gasteiger partial charge in [-0.1, -0.05) is 32.1 Å². The fourth-order valence-electron chi connectivity index (χ4n) is 1.99. The molecule has 0 amide bonds. The minimum atomic E-state index is -0.707. The van der Waals surface area contributed by atoms with Gasteiger partial charge in [0.15, 0.2) is 0 Å². The smallest absolute Gasteiger partial charge is 0.294 e. The molecule has 0 bridgehead atoms. The summed E-state index contributed by atoms with van der Waals surface area (Å²) in [4.78, 5) is 14.1. The molecule has 0 aliphatic heterocycles. The first kappa shape index (κ1) is 10.3. The van der Waals surface area contributed by atoms with Crippen LogP contribution in [0.5, 0.6) is 0 Å². The van der Waals surface area contributed by atoms with Crippen LogP contribution in [0.2, 0.25) is 0 Å². The van der Waals surface area contributed by atoms with Crippen LogP contribution in [-0.2, 0) is 4.84 Å². The van der Waals surface area contributed by atoms with E-state index in [1.54, 1.807) is 0 Å². The highest BCUT2D eigenvalue weighted by molar-refractivity contribution is 4.65. The zero-order valence-electron chi connectivity index (χ0n) is 7.91. The molecule has 4 heteroatoms. The Bertz CT molecular complexity index is 155. The van der Waals surface area contributed by atoms with E-state index in [9.17, 15) is 10.1 Å². The molecule has 13 heavy (non-hydrogen) atoms.